The van der Waals surface area contributed by atoms with Crippen LogP contribution >= 0.6 is 0 Å². The second kappa shape index (κ2) is 2.70. The summed E-state index contributed by atoms with van der Waals surface area (Å²) in [5.41, 5.74) is -0.415. The Hall–Kier alpha value is -0.630. The van der Waals surface area contributed by atoms with E-state index in [4.69, 9.17) is 0 Å². The van der Waals surface area contributed by atoms with Gasteiger partial charge < -0.3 is 9.90 Å². The summed E-state index contributed by atoms with van der Waals surface area (Å²) < 4.78 is 0. The highest BCUT2D eigenvalue weighted by atomic mass is 16.3. The van der Waals surface area contributed by atoms with E-state index in [1.165, 1.54) is 0 Å². The molecule has 2 atom stereocenters. The fraction of sp³-hybridized carbons (Fsp3) is 0.700. The molecule has 0 aliphatic heterocycles. The standard InChI is InChI=1S/C10H16O2/c1-9(2)5-4-6-10(9,3)8(12)7-11/h4-5,7-8,12H,6H2,1-3H3. The number of hydrogen-bond acceptors (Lipinski definition) is 2. The van der Waals surface area contributed by atoms with Gasteiger partial charge in [0.1, 0.15) is 12.4 Å². The lowest BCUT2D eigenvalue weighted by Crippen LogP contribution is -2.42. The van der Waals surface area contributed by atoms with Crippen molar-refractivity contribution < 1.29 is 9.90 Å². The van der Waals surface area contributed by atoms with E-state index in [2.05, 4.69) is 6.08 Å². The number of aliphatic hydroxyl groups is 1. The molecule has 68 valence electrons. The van der Waals surface area contributed by atoms with Crippen LogP contribution in [0.15, 0.2) is 12.2 Å². The molecule has 0 aromatic carbocycles. The Bertz CT molecular complexity index is 218. The van der Waals surface area contributed by atoms with Gasteiger partial charge in [-0.15, -0.1) is 0 Å². The maximum atomic E-state index is 10.5. The molecule has 2 unspecified atom stereocenters. The van der Waals surface area contributed by atoms with Crippen LogP contribution in [0.25, 0.3) is 0 Å². The van der Waals surface area contributed by atoms with Crippen LogP contribution < -0.4 is 0 Å². The van der Waals surface area contributed by atoms with Crippen molar-refractivity contribution in [1.29, 1.82) is 0 Å². The van der Waals surface area contributed by atoms with Crippen molar-refractivity contribution in [3.8, 4) is 0 Å². The van der Waals surface area contributed by atoms with Gasteiger partial charge in [-0.1, -0.05) is 32.9 Å². The number of carbonyl (C=O) groups excluding carboxylic acids is 1. The normalized spacial score (nSPS) is 35.0. The van der Waals surface area contributed by atoms with E-state index in [0.29, 0.717) is 6.29 Å². The summed E-state index contributed by atoms with van der Waals surface area (Å²) >= 11 is 0. The zero-order valence-electron chi connectivity index (χ0n) is 7.87. The van der Waals surface area contributed by atoms with Crippen LogP contribution in [0.4, 0.5) is 0 Å². The molecular weight excluding hydrogens is 152 g/mol. The van der Waals surface area contributed by atoms with E-state index in [-0.39, 0.29) is 10.8 Å². The minimum Gasteiger partial charge on any atom is -0.385 e. The second-order valence-corrected chi connectivity index (χ2v) is 4.33. The van der Waals surface area contributed by atoms with Crippen LogP contribution in [0.3, 0.4) is 0 Å². The second-order valence-electron chi connectivity index (χ2n) is 4.33. The molecule has 1 N–H and O–H groups in total. The van der Waals surface area contributed by atoms with Crippen LogP contribution in [0.5, 0.6) is 0 Å². The first-order valence-corrected chi connectivity index (χ1v) is 4.25. The Kier molecular flexibility index (Phi) is 2.13. The van der Waals surface area contributed by atoms with Gasteiger partial charge in [-0.2, -0.15) is 0 Å². The molecule has 1 aliphatic carbocycles. The zero-order valence-corrected chi connectivity index (χ0v) is 7.87. The van der Waals surface area contributed by atoms with Crippen molar-refractivity contribution in [2.45, 2.75) is 33.3 Å². The van der Waals surface area contributed by atoms with Crippen LogP contribution in [-0.2, 0) is 4.79 Å². The monoisotopic (exact) mass is 168 g/mol. The van der Waals surface area contributed by atoms with E-state index >= 15 is 0 Å². The quantitative estimate of drug-likeness (QED) is 0.501. The van der Waals surface area contributed by atoms with Gasteiger partial charge in [-0.25, -0.2) is 0 Å². The van der Waals surface area contributed by atoms with Crippen molar-refractivity contribution in [1.82, 2.24) is 0 Å². The summed E-state index contributed by atoms with van der Waals surface area (Å²) in [5, 5.41) is 9.54. The van der Waals surface area contributed by atoms with Crippen molar-refractivity contribution in [3.63, 3.8) is 0 Å². The van der Waals surface area contributed by atoms with Gasteiger partial charge in [0.2, 0.25) is 0 Å². The molecule has 0 bridgehead atoms. The first-order valence-electron chi connectivity index (χ1n) is 4.25. The molecule has 12 heavy (non-hydrogen) atoms. The van der Waals surface area contributed by atoms with Gasteiger partial charge in [0.25, 0.3) is 0 Å². The van der Waals surface area contributed by atoms with Gasteiger partial charge in [-0.3, -0.25) is 0 Å². The number of carbonyl (C=O) groups is 1. The van der Waals surface area contributed by atoms with E-state index in [9.17, 15) is 9.90 Å². The average Bonchev–Trinajstić information content (AvgIpc) is 2.26. The van der Waals surface area contributed by atoms with Crippen molar-refractivity contribution in [2.24, 2.45) is 10.8 Å². The van der Waals surface area contributed by atoms with Crippen molar-refractivity contribution in [2.75, 3.05) is 0 Å². The fourth-order valence-corrected chi connectivity index (χ4v) is 1.70. The summed E-state index contributed by atoms with van der Waals surface area (Å²) in [6.45, 7) is 6.04. The van der Waals surface area contributed by atoms with Gasteiger partial charge in [0.15, 0.2) is 0 Å². The van der Waals surface area contributed by atoms with E-state index in [0.717, 1.165) is 6.42 Å². The van der Waals surface area contributed by atoms with Crippen LogP contribution in [-0.4, -0.2) is 17.5 Å². The van der Waals surface area contributed by atoms with Crippen LogP contribution in [0.1, 0.15) is 27.2 Å². The Balaban J connectivity index is 2.93. The Morgan fingerprint density at radius 2 is 2.08 bits per heavy atom. The van der Waals surface area contributed by atoms with Crippen molar-refractivity contribution in [3.05, 3.63) is 12.2 Å². The summed E-state index contributed by atoms with van der Waals surface area (Å²) in [4.78, 5) is 10.5. The smallest absolute Gasteiger partial charge is 0.149 e. The number of rotatable bonds is 2. The summed E-state index contributed by atoms with van der Waals surface area (Å²) in [6, 6.07) is 0. The largest absolute Gasteiger partial charge is 0.385 e. The maximum Gasteiger partial charge on any atom is 0.149 e. The molecular formula is C10H16O2. The van der Waals surface area contributed by atoms with E-state index in [1.807, 2.05) is 26.8 Å². The molecule has 1 rings (SSSR count). The molecule has 0 aromatic rings. The molecule has 0 heterocycles. The maximum absolute atomic E-state index is 10.5. The highest BCUT2D eigenvalue weighted by Crippen LogP contribution is 2.49. The molecule has 0 aromatic heterocycles. The van der Waals surface area contributed by atoms with E-state index in [1.54, 1.807) is 0 Å². The van der Waals surface area contributed by atoms with Gasteiger partial charge >= 0.3 is 0 Å². The summed E-state index contributed by atoms with van der Waals surface area (Å²) in [5.74, 6) is 0. The fourth-order valence-electron chi connectivity index (χ4n) is 1.70. The molecule has 0 spiro atoms. The van der Waals surface area contributed by atoms with Gasteiger partial charge in [0, 0.05) is 5.41 Å². The van der Waals surface area contributed by atoms with Gasteiger partial charge in [0.05, 0.1) is 0 Å². The Morgan fingerprint density at radius 3 is 2.42 bits per heavy atom. The molecule has 0 saturated carbocycles. The number of hydrogen-bond donors (Lipinski definition) is 1. The van der Waals surface area contributed by atoms with Gasteiger partial charge in [-0.05, 0) is 11.8 Å². The molecule has 1 aliphatic rings. The average molecular weight is 168 g/mol. The molecule has 0 fully saturated rings. The third kappa shape index (κ3) is 1.11. The highest BCUT2D eigenvalue weighted by Gasteiger charge is 2.46. The third-order valence-electron chi connectivity index (χ3n) is 3.33. The number of aliphatic hydroxyl groups excluding tert-OH is 1. The van der Waals surface area contributed by atoms with Crippen LogP contribution in [0.2, 0.25) is 0 Å². The minimum atomic E-state index is -0.859. The lowest BCUT2D eigenvalue weighted by Gasteiger charge is -2.39. The molecule has 2 nitrogen and oxygen atoms in total. The first-order chi connectivity index (χ1) is 5.44. The van der Waals surface area contributed by atoms with Crippen molar-refractivity contribution >= 4 is 6.29 Å². The molecule has 2 heteroatoms. The lowest BCUT2D eigenvalue weighted by atomic mass is 9.66. The number of aldehydes is 1. The highest BCUT2D eigenvalue weighted by molar-refractivity contribution is 5.58. The van der Waals surface area contributed by atoms with Crippen LogP contribution in [0, 0.1) is 10.8 Å². The summed E-state index contributed by atoms with van der Waals surface area (Å²) in [7, 11) is 0. The molecule has 0 saturated heterocycles. The minimum absolute atomic E-state index is 0.0900. The predicted molar refractivity (Wildman–Crippen MR) is 47.7 cm³/mol. The molecule has 0 radical (unpaired) electrons. The topological polar surface area (TPSA) is 37.3 Å². The van der Waals surface area contributed by atoms with E-state index < -0.39 is 6.10 Å². The third-order valence-corrected chi connectivity index (χ3v) is 3.33. The lowest BCUT2D eigenvalue weighted by molar-refractivity contribution is -0.124. The summed E-state index contributed by atoms with van der Waals surface area (Å²) in [6.07, 6.45) is 4.66. The first kappa shape index (κ1) is 9.46. The zero-order chi connectivity index (χ0) is 9.41. The SMILES string of the molecule is CC1(C)C=CCC1(C)C(O)C=O. The number of allylic oxidation sites excluding steroid dienone is 2. The predicted octanol–water partition coefficient (Wildman–Crippen LogP) is 1.54. The Morgan fingerprint density at radius 1 is 1.50 bits per heavy atom. The Labute approximate surface area is 73.3 Å². The molecule has 0 amide bonds.